The molecule has 5 heteroatoms. The van der Waals surface area contributed by atoms with Crippen LogP contribution in [-0.2, 0) is 0 Å². The molecular weight excluding hydrogens is 279 g/mol. The maximum absolute atomic E-state index is 12.5. The van der Waals surface area contributed by atoms with Crippen LogP contribution in [0, 0.1) is 6.92 Å². The molecule has 2 rings (SSSR count). The number of halogens is 3. The van der Waals surface area contributed by atoms with E-state index in [2.05, 4.69) is 5.32 Å². The van der Waals surface area contributed by atoms with Gasteiger partial charge in [0.1, 0.15) is 11.3 Å². The Labute approximate surface area is 122 Å². The Bertz CT molecular complexity index is 589. The van der Waals surface area contributed by atoms with Gasteiger partial charge >= 0.3 is 6.18 Å². The lowest BCUT2D eigenvalue weighted by Crippen LogP contribution is -2.23. The van der Waals surface area contributed by atoms with Gasteiger partial charge in [0, 0.05) is 11.8 Å². The molecule has 2 nitrogen and oxygen atoms in total. The molecule has 116 valence electrons. The highest BCUT2D eigenvalue weighted by atomic mass is 19.4. The van der Waals surface area contributed by atoms with Crippen LogP contribution in [0.4, 0.5) is 13.2 Å². The molecule has 1 unspecified atom stereocenters. The zero-order valence-corrected chi connectivity index (χ0v) is 12.3. The molecule has 1 N–H and O–H groups in total. The van der Waals surface area contributed by atoms with E-state index in [1.807, 2.05) is 38.1 Å². The van der Waals surface area contributed by atoms with Crippen LogP contribution in [0.3, 0.4) is 0 Å². The van der Waals surface area contributed by atoms with Crippen molar-refractivity contribution in [2.24, 2.45) is 0 Å². The standard InChI is InChI=1S/C16H20F3NO/c1-3-9-20-13(7-8-16(17,18)19)14-10-12-6-4-5-11(2)15(12)21-14/h4-6,10,13,20H,3,7-9H2,1-2H3. The van der Waals surface area contributed by atoms with Gasteiger partial charge in [0.05, 0.1) is 6.04 Å². The summed E-state index contributed by atoms with van der Waals surface area (Å²) in [5, 5.41) is 4.08. The zero-order valence-electron chi connectivity index (χ0n) is 12.3. The second-order valence-electron chi connectivity index (χ2n) is 5.30. The quantitative estimate of drug-likeness (QED) is 0.800. The summed E-state index contributed by atoms with van der Waals surface area (Å²) < 4.78 is 43.2. The van der Waals surface area contributed by atoms with Gasteiger partial charge in [-0.2, -0.15) is 13.2 Å². The van der Waals surface area contributed by atoms with Crippen LogP contribution in [-0.4, -0.2) is 12.7 Å². The Morgan fingerprint density at radius 1 is 1.29 bits per heavy atom. The number of para-hydroxylation sites is 1. The molecule has 1 aromatic heterocycles. The van der Waals surface area contributed by atoms with Gasteiger partial charge in [-0.15, -0.1) is 0 Å². The number of fused-ring (bicyclic) bond motifs is 1. The summed E-state index contributed by atoms with van der Waals surface area (Å²) in [5.41, 5.74) is 1.74. The maximum atomic E-state index is 12.5. The number of alkyl halides is 3. The van der Waals surface area contributed by atoms with Gasteiger partial charge in [-0.05, 0) is 37.9 Å². The Balaban J connectivity index is 2.23. The van der Waals surface area contributed by atoms with E-state index in [0.29, 0.717) is 12.3 Å². The van der Waals surface area contributed by atoms with Crippen molar-refractivity contribution in [1.82, 2.24) is 5.32 Å². The van der Waals surface area contributed by atoms with E-state index in [1.54, 1.807) is 0 Å². The molecule has 0 fully saturated rings. The first-order valence-electron chi connectivity index (χ1n) is 7.20. The second-order valence-corrected chi connectivity index (χ2v) is 5.30. The van der Waals surface area contributed by atoms with Crippen molar-refractivity contribution in [3.63, 3.8) is 0 Å². The molecule has 0 aliphatic rings. The highest BCUT2D eigenvalue weighted by molar-refractivity contribution is 5.80. The lowest BCUT2D eigenvalue weighted by molar-refractivity contribution is -0.136. The number of benzene rings is 1. The highest BCUT2D eigenvalue weighted by Crippen LogP contribution is 2.31. The molecule has 0 bridgehead atoms. The summed E-state index contributed by atoms with van der Waals surface area (Å²) in [5.74, 6) is 0.581. The van der Waals surface area contributed by atoms with E-state index in [1.165, 1.54) is 0 Å². The number of hydrogen-bond donors (Lipinski definition) is 1. The lowest BCUT2D eigenvalue weighted by Gasteiger charge is -2.17. The van der Waals surface area contributed by atoms with Crippen LogP contribution in [0.15, 0.2) is 28.7 Å². The summed E-state index contributed by atoms with van der Waals surface area (Å²) in [4.78, 5) is 0. The molecule has 0 aliphatic heterocycles. The monoisotopic (exact) mass is 299 g/mol. The van der Waals surface area contributed by atoms with Crippen LogP contribution < -0.4 is 5.32 Å². The van der Waals surface area contributed by atoms with Crippen LogP contribution in [0.5, 0.6) is 0 Å². The molecule has 0 saturated carbocycles. The molecule has 2 aromatic rings. The van der Waals surface area contributed by atoms with Gasteiger partial charge in [0.25, 0.3) is 0 Å². The van der Waals surface area contributed by atoms with E-state index in [0.717, 1.165) is 23.0 Å². The predicted octanol–water partition coefficient (Wildman–Crippen LogP) is 5.12. The lowest BCUT2D eigenvalue weighted by atomic mass is 10.1. The van der Waals surface area contributed by atoms with E-state index in [4.69, 9.17) is 4.42 Å². The molecule has 21 heavy (non-hydrogen) atoms. The van der Waals surface area contributed by atoms with E-state index in [9.17, 15) is 13.2 Å². The first-order valence-corrected chi connectivity index (χ1v) is 7.20. The SMILES string of the molecule is CCCNC(CCC(F)(F)F)c1cc2cccc(C)c2o1. The molecule has 0 radical (unpaired) electrons. The summed E-state index contributed by atoms with van der Waals surface area (Å²) in [6.07, 6.45) is -4.11. The molecule has 1 atom stereocenters. The number of hydrogen-bond acceptors (Lipinski definition) is 2. The Morgan fingerprint density at radius 3 is 2.67 bits per heavy atom. The Kier molecular flexibility index (Phi) is 4.93. The van der Waals surface area contributed by atoms with Crippen molar-refractivity contribution < 1.29 is 17.6 Å². The van der Waals surface area contributed by atoms with Gasteiger partial charge in [-0.25, -0.2) is 0 Å². The van der Waals surface area contributed by atoms with Crippen LogP contribution in [0.25, 0.3) is 11.0 Å². The van der Waals surface area contributed by atoms with E-state index in [-0.39, 0.29) is 6.42 Å². The Morgan fingerprint density at radius 2 is 2.05 bits per heavy atom. The van der Waals surface area contributed by atoms with Gasteiger partial charge in [0.15, 0.2) is 0 Å². The van der Waals surface area contributed by atoms with Crippen molar-refractivity contribution in [2.75, 3.05) is 6.54 Å². The van der Waals surface area contributed by atoms with Crippen molar-refractivity contribution in [1.29, 1.82) is 0 Å². The van der Waals surface area contributed by atoms with Crippen molar-refractivity contribution in [3.8, 4) is 0 Å². The molecule has 0 spiro atoms. The first kappa shape index (κ1) is 15.9. The minimum Gasteiger partial charge on any atom is -0.459 e. The first-order chi connectivity index (χ1) is 9.90. The number of furan rings is 1. The average molecular weight is 299 g/mol. The fourth-order valence-electron chi connectivity index (χ4n) is 2.37. The maximum Gasteiger partial charge on any atom is 0.389 e. The van der Waals surface area contributed by atoms with Crippen LogP contribution >= 0.6 is 0 Å². The number of rotatable bonds is 6. The Hall–Kier alpha value is -1.49. The summed E-state index contributed by atoms with van der Waals surface area (Å²) in [7, 11) is 0. The third-order valence-corrected chi connectivity index (χ3v) is 3.46. The van der Waals surface area contributed by atoms with Gasteiger partial charge in [0.2, 0.25) is 0 Å². The van der Waals surface area contributed by atoms with E-state index >= 15 is 0 Å². The zero-order chi connectivity index (χ0) is 15.5. The minimum absolute atomic E-state index is 0.0115. The fourth-order valence-corrected chi connectivity index (χ4v) is 2.37. The van der Waals surface area contributed by atoms with Crippen LogP contribution in [0.1, 0.15) is 43.6 Å². The highest BCUT2D eigenvalue weighted by Gasteiger charge is 2.29. The fraction of sp³-hybridized carbons (Fsp3) is 0.500. The van der Waals surface area contributed by atoms with Crippen molar-refractivity contribution in [2.45, 2.75) is 45.3 Å². The normalized spacial score (nSPS) is 13.8. The van der Waals surface area contributed by atoms with Gasteiger partial charge in [-0.1, -0.05) is 25.1 Å². The van der Waals surface area contributed by atoms with Gasteiger partial charge < -0.3 is 9.73 Å². The van der Waals surface area contributed by atoms with Crippen molar-refractivity contribution in [3.05, 3.63) is 35.6 Å². The predicted molar refractivity (Wildman–Crippen MR) is 77.3 cm³/mol. The van der Waals surface area contributed by atoms with Crippen LogP contribution in [0.2, 0.25) is 0 Å². The summed E-state index contributed by atoms with van der Waals surface area (Å²) in [6.45, 7) is 4.58. The smallest absolute Gasteiger partial charge is 0.389 e. The number of nitrogens with one attached hydrogen (secondary N) is 1. The number of aryl methyl sites for hydroxylation is 1. The largest absolute Gasteiger partial charge is 0.459 e. The molecule has 0 saturated heterocycles. The molecular formula is C16H20F3NO. The van der Waals surface area contributed by atoms with Crippen molar-refractivity contribution >= 4 is 11.0 Å². The average Bonchev–Trinajstić information content (AvgIpc) is 2.83. The third kappa shape index (κ3) is 4.24. The topological polar surface area (TPSA) is 25.2 Å². The second kappa shape index (κ2) is 6.52. The molecule has 1 heterocycles. The molecule has 1 aromatic carbocycles. The summed E-state index contributed by atoms with van der Waals surface area (Å²) >= 11 is 0. The van der Waals surface area contributed by atoms with E-state index < -0.39 is 18.6 Å². The summed E-state index contributed by atoms with van der Waals surface area (Å²) in [6, 6.07) is 7.20. The van der Waals surface area contributed by atoms with Gasteiger partial charge in [-0.3, -0.25) is 0 Å². The third-order valence-electron chi connectivity index (χ3n) is 3.46. The molecule has 0 aliphatic carbocycles. The molecule has 0 amide bonds. The minimum atomic E-state index is -4.14.